The monoisotopic (exact) mass is 407 g/mol. The van der Waals surface area contributed by atoms with E-state index < -0.39 is 17.4 Å². The van der Waals surface area contributed by atoms with Crippen molar-refractivity contribution in [3.8, 4) is 0 Å². The maximum Gasteiger partial charge on any atom is 0.230 e. The Bertz CT molecular complexity index is 996. The molecule has 4 atom stereocenters. The molecule has 158 valence electrons. The molecule has 4 heterocycles. The molecule has 1 spiro atoms. The number of H-pyrrole nitrogens is 1. The molecule has 30 heavy (non-hydrogen) atoms. The summed E-state index contributed by atoms with van der Waals surface area (Å²) in [6.07, 6.45) is 9.70. The van der Waals surface area contributed by atoms with Crippen molar-refractivity contribution in [2.24, 2.45) is 11.8 Å². The Balaban J connectivity index is 1.27. The summed E-state index contributed by atoms with van der Waals surface area (Å²) in [7, 11) is 0. The van der Waals surface area contributed by atoms with Gasteiger partial charge < -0.3 is 19.9 Å². The van der Waals surface area contributed by atoms with E-state index in [-0.39, 0.29) is 17.9 Å². The maximum atomic E-state index is 13.3. The van der Waals surface area contributed by atoms with Gasteiger partial charge in [0.1, 0.15) is 5.60 Å². The number of fused-ring (bicyclic) bond motifs is 2. The first-order valence-electron chi connectivity index (χ1n) is 11.1. The number of carbonyl (C=O) groups is 2. The number of hydrogen-bond acceptors (Lipinski definition) is 3. The Labute approximate surface area is 176 Å². The molecule has 4 unspecified atom stereocenters. The van der Waals surface area contributed by atoms with Crippen LogP contribution in [-0.2, 0) is 20.7 Å². The standard InChI is InChI=1S/C24H29N3O3/c1-2-3-6-12-25-22(28)20-19-9-11-24(30-19)15-27(23(29)21(20)24)13-10-16-14-26-18-8-5-4-7-17(16)18/h4-5,7-9,11,14,19-21,26H,2-3,6,10,12-13,15H2,1H3,(H,25,28). The summed E-state index contributed by atoms with van der Waals surface area (Å²) in [6, 6.07) is 8.21. The minimum Gasteiger partial charge on any atom is -0.361 e. The second-order valence-corrected chi connectivity index (χ2v) is 8.77. The fraction of sp³-hybridized carbons (Fsp3) is 0.500. The van der Waals surface area contributed by atoms with Crippen LogP contribution in [0.1, 0.15) is 31.7 Å². The normalized spacial score (nSPS) is 29.2. The third-order valence-corrected chi connectivity index (χ3v) is 6.89. The molecule has 2 bridgehead atoms. The summed E-state index contributed by atoms with van der Waals surface area (Å²) in [5, 5.41) is 4.23. The average molecular weight is 408 g/mol. The summed E-state index contributed by atoms with van der Waals surface area (Å²) in [5.41, 5.74) is 1.69. The highest BCUT2D eigenvalue weighted by Gasteiger charge is 2.66. The quantitative estimate of drug-likeness (QED) is 0.522. The summed E-state index contributed by atoms with van der Waals surface area (Å²) in [6.45, 7) is 3.97. The smallest absolute Gasteiger partial charge is 0.230 e. The SMILES string of the molecule is CCCCCNC(=O)C1C2C=CC3(CN(CCc4c[nH]c5ccccc45)C(=O)C13)O2. The fourth-order valence-electron chi connectivity index (χ4n) is 5.37. The Morgan fingerprint density at radius 1 is 1.33 bits per heavy atom. The lowest BCUT2D eigenvalue weighted by atomic mass is 9.77. The fourth-order valence-corrected chi connectivity index (χ4v) is 5.37. The zero-order valence-electron chi connectivity index (χ0n) is 17.4. The molecular formula is C24H29N3O3. The molecule has 2 saturated heterocycles. The topological polar surface area (TPSA) is 74.4 Å². The van der Waals surface area contributed by atoms with E-state index in [1.165, 1.54) is 10.9 Å². The van der Waals surface area contributed by atoms with Gasteiger partial charge in [-0.15, -0.1) is 0 Å². The van der Waals surface area contributed by atoms with E-state index in [1.54, 1.807) is 0 Å². The summed E-state index contributed by atoms with van der Waals surface area (Å²) < 4.78 is 6.21. The number of hydrogen-bond donors (Lipinski definition) is 2. The van der Waals surface area contributed by atoms with Crippen molar-refractivity contribution in [3.63, 3.8) is 0 Å². The molecule has 6 heteroatoms. The summed E-state index contributed by atoms with van der Waals surface area (Å²) >= 11 is 0. The number of aromatic amines is 1. The van der Waals surface area contributed by atoms with Gasteiger partial charge in [-0.3, -0.25) is 9.59 Å². The first-order chi connectivity index (χ1) is 14.6. The minimum absolute atomic E-state index is 0.0424. The van der Waals surface area contributed by atoms with Gasteiger partial charge in [0.25, 0.3) is 0 Å². The molecule has 2 aromatic rings. The molecule has 5 rings (SSSR count). The number of rotatable bonds is 8. The van der Waals surface area contributed by atoms with E-state index in [1.807, 2.05) is 35.4 Å². The third kappa shape index (κ3) is 3.05. The van der Waals surface area contributed by atoms with Crippen LogP contribution in [0.5, 0.6) is 0 Å². The Morgan fingerprint density at radius 2 is 2.20 bits per heavy atom. The number of unbranched alkanes of at least 4 members (excludes halogenated alkanes) is 2. The number of benzene rings is 1. The van der Waals surface area contributed by atoms with Crippen molar-refractivity contribution in [3.05, 3.63) is 48.2 Å². The highest BCUT2D eigenvalue weighted by atomic mass is 16.5. The van der Waals surface area contributed by atoms with Crippen LogP contribution in [0.25, 0.3) is 10.9 Å². The summed E-state index contributed by atoms with van der Waals surface area (Å²) in [5.74, 6) is -0.807. The Kier molecular flexibility index (Phi) is 4.89. The molecule has 0 saturated carbocycles. The van der Waals surface area contributed by atoms with E-state index in [2.05, 4.69) is 29.4 Å². The van der Waals surface area contributed by atoms with Crippen LogP contribution in [0.4, 0.5) is 0 Å². The van der Waals surface area contributed by atoms with Gasteiger partial charge in [0.2, 0.25) is 11.8 Å². The van der Waals surface area contributed by atoms with E-state index in [9.17, 15) is 9.59 Å². The van der Waals surface area contributed by atoms with Crippen molar-refractivity contribution in [2.45, 2.75) is 44.3 Å². The predicted octanol–water partition coefficient (Wildman–Crippen LogP) is 2.80. The van der Waals surface area contributed by atoms with Gasteiger partial charge in [-0.1, -0.05) is 50.1 Å². The Hall–Kier alpha value is -2.60. The zero-order chi connectivity index (χ0) is 20.7. The molecular weight excluding hydrogens is 378 g/mol. The van der Waals surface area contributed by atoms with Crippen LogP contribution < -0.4 is 5.32 Å². The van der Waals surface area contributed by atoms with Crippen LogP contribution in [0.2, 0.25) is 0 Å². The minimum atomic E-state index is -0.632. The number of carbonyl (C=O) groups excluding carboxylic acids is 2. The number of ether oxygens (including phenoxy) is 1. The number of nitrogens with zero attached hydrogens (tertiary/aromatic N) is 1. The lowest BCUT2D eigenvalue weighted by Gasteiger charge is -2.23. The number of nitrogens with one attached hydrogen (secondary N) is 2. The molecule has 1 aromatic carbocycles. The lowest BCUT2D eigenvalue weighted by molar-refractivity contribution is -0.137. The van der Waals surface area contributed by atoms with Gasteiger partial charge in [-0.05, 0) is 24.5 Å². The van der Waals surface area contributed by atoms with Crippen molar-refractivity contribution in [1.29, 1.82) is 0 Å². The predicted molar refractivity (Wildman–Crippen MR) is 115 cm³/mol. The molecule has 6 nitrogen and oxygen atoms in total. The largest absolute Gasteiger partial charge is 0.361 e. The molecule has 3 aliphatic rings. The highest BCUT2D eigenvalue weighted by molar-refractivity contribution is 5.93. The molecule has 3 aliphatic heterocycles. The molecule has 2 N–H and O–H groups in total. The molecule has 1 aromatic heterocycles. The van der Waals surface area contributed by atoms with E-state index in [0.717, 1.165) is 31.2 Å². The lowest BCUT2D eigenvalue weighted by Crippen LogP contribution is -2.44. The second kappa shape index (κ2) is 7.58. The van der Waals surface area contributed by atoms with Crippen LogP contribution in [0.15, 0.2) is 42.6 Å². The van der Waals surface area contributed by atoms with Crippen molar-refractivity contribution in [2.75, 3.05) is 19.6 Å². The van der Waals surface area contributed by atoms with E-state index >= 15 is 0 Å². The number of para-hydroxylation sites is 1. The maximum absolute atomic E-state index is 13.3. The zero-order valence-corrected chi connectivity index (χ0v) is 17.4. The van der Waals surface area contributed by atoms with Crippen molar-refractivity contribution in [1.82, 2.24) is 15.2 Å². The van der Waals surface area contributed by atoms with Gasteiger partial charge in [0, 0.05) is 30.2 Å². The van der Waals surface area contributed by atoms with Gasteiger partial charge in [0.05, 0.1) is 24.5 Å². The molecule has 0 radical (unpaired) electrons. The molecule has 0 aliphatic carbocycles. The number of likely N-dealkylation sites (tertiary alicyclic amines) is 1. The van der Waals surface area contributed by atoms with Gasteiger partial charge in [-0.2, -0.15) is 0 Å². The van der Waals surface area contributed by atoms with Crippen LogP contribution >= 0.6 is 0 Å². The van der Waals surface area contributed by atoms with Crippen LogP contribution in [-0.4, -0.2) is 53.0 Å². The van der Waals surface area contributed by atoms with E-state index in [4.69, 9.17) is 4.74 Å². The van der Waals surface area contributed by atoms with Gasteiger partial charge in [-0.25, -0.2) is 0 Å². The van der Waals surface area contributed by atoms with Gasteiger partial charge in [0.15, 0.2) is 0 Å². The van der Waals surface area contributed by atoms with Crippen LogP contribution in [0, 0.1) is 11.8 Å². The number of amides is 2. The van der Waals surface area contributed by atoms with Crippen molar-refractivity contribution < 1.29 is 14.3 Å². The third-order valence-electron chi connectivity index (χ3n) is 6.89. The first kappa shape index (κ1) is 19.4. The molecule has 2 amide bonds. The highest BCUT2D eigenvalue weighted by Crippen LogP contribution is 2.51. The summed E-state index contributed by atoms with van der Waals surface area (Å²) in [4.78, 5) is 31.4. The van der Waals surface area contributed by atoms with Gasteiger partial charge >= 0.3 is 0 Å². The molecule has 2 fully saturated rings. The average Bonchev–Trinajstić information content (AvgIpc) is 3.49. The Morgan fingerprint density at radius 3 is 3.07 bits per heavy atom. The van der Waals surface area contributed by atoms with Crippen LogP contribution in [0.3, 0.4) is 0 Å². The second-order valence-electron chi connectivity index (χ2n) is 8.77. The van der Waals surface area contributed by atoms with Crippen molar-refractivity contribution >= 4 is 22.7 Å². The first-order valence-corrected chi connectivity index (χ1v) is 11.1. The van der Waals surface area contributed by atoms with E-state index in [0.29, 0.717) is 19.6 Å². The number of aromatic nitrogens is 1.